The minimum absolute atomic E-state index is 0.418. The van der Waals surface area contributed by atoms with Gasteiger partial charge in [0.05, 0.1) is 16.8 Å². The van der Waals surface area contributed by atoms with Crippen molar-refractivity contribution in [2.75, 3.05) is 13.1 Å². The molecule has 0 spiro atoms. The lowest BCUT2D eigenvalue weighted by Crippen LogP contribution is -2.35. The number of thiazole rings is 1. The Hall–Kier alpha value is -1.40. The number of rotatable bonds is 5. The number of hydrogen-bond donors (Lipinski definition) is 0. The van der Waals surface area contributed by atoms with Crippen molar-refractivity contribution in [3.8, 4) is 0 Å². The fraction of sp³-hybridized carbons (Fsp3) is 0.500. The smallest absolute Gasteiger partial charge is 0.297 e. The second-order valence-electron chi connectivity index (χ2n) is 6.42. The van der Waals surface area contributed by atoms with E-state index in [4.69, 9.17) is 0 Å². The summed E-state index contributed by atoms with van der Waals surface area (Å²) in [4.78, 5) is 6.69. The highest BCUT2D eigenvalue weighted by atomic mass is 32.1. The Morgan fingerprint density at radius 3 is 2.83 bits per heavy atom. The zero-order valence-corrected chi connectivity index (χ0v) is 14.2. The van der Waals surface area contributed by atoms with Gasteiger partial charge in [-0.2, -0.15) is 13.2 Å². The molecular weight excluding hydrogens is 333 g/mol. The standard InChI is InChI=1S/C18H21F3N2S/c19-18(20,21)17-6-2-1-5-15(17)8-7-14-4-3-9-23(10-14)11-16-12-24-13-22-16/h1-2,5-6,12-14H,3-4,7-11H2. The van der Waals surface area contributed by atoms with Crippen LogP contribution in [0.15, 0.2) is 35.2 Å². The van der Waals surface area contributed by atoms with Gasteiger partial charge >= 0.3 is 6.18 Å². The van der Waals surface area contributed by atoms with Crippen LogP contribution in [0, 0.1) is 5.92 Å². The predicted octanol–water partition coefficient (Wildman–Crippen LogP) is 5.01. The SMILES string of the molecule is FC(F)(F)c1ccccc1CCC1CCCN(Cc2cscn2)C1. The minimum atomic E-state index is -4.26. The molecule has 0 N–H and O–H groups in total. The van der Waals surface area contributed by atoms with E-state index in [2.05, 4.69) is 15.3 Å². The molecule has 1 saturated heterocycles. The number of piperidine rings is 1. The second kappa shape index (κ2) is 7.66. The normalized spacial score (nSPS) is 19.5. The molecule has 1 aliphatic rings. The van der Waals surface area contributed by atoms with Crippen molar-refractivity contribution in [1.82, 2.24) is 9.88 Å². The molecule has 0 aliphatic carbocycles. The summed E-state index contributed by atoms with van der Waals surface area (Å²) in [7, 11) is 0. The number of nitrogens with zero attached hydrogens (tertiary/aromatic N) is 2. The molecule has 1 fully saturated rings. The van der Waals surface area contributed by atoms with Crippen LogP contribution in [0.4, 0.5) is 13.2 Å². The molecular formula is C18H21F3N2S. The summed E-state index contributed by atoms with van der Waals surface area (Å²) in [5.74, 6) is 0.457. The van der Waals surface area contributed by atoms with Gasteiger partial charge in [-0.25, -0.2) is 4.98 Å². The molecule has 1 unspecified atom stereocenters. The molecule has 2 nitrogen and oxygen atoms in total. The third-order valence-electron chi connectivity index (χ3n) is 4.62. The molecule has 1 aromatic carbocycles. The van der Waals surface area contributed by atoms with Crippen molar-refractivity contribution in [2.45, 2.75) is 38.4 Å². The van der Waals surface area contributed by atoms with E-state index in [-0.39, 0.29) is 0 Å². The molecule has 24 heavy (non-hydrogen) atoms. The van der Waals surface area contributed by atoms with E-state index < -0.39 is 11.7 Å². The van der Waals surface area contributed by atoms with Crippen molar-refractivity contribution in [3.05, 3.63) is 52.0 Å². The molecule has 6 heteroatoms. The Balaban J connectivity index is 1.57. The maximum Gasteiger partial charge on any atom is 0.416 e. The maximum absolute atomic E-state index is 13.1. The van der Waals surface area contributed by atoms with E-state index in [1.165, 1.54) is 12.1 Å². The van der Waals surface area contributed by atoms with Gasteiger partial charge in [0.1, 0.15) is 0 Å². The number of aryl methyl sites for hydroxylation is 1. The Morgan fingerprint density at radius 1 is 1.25 bits per heavy atom. The highest BCUT2D eigenvalue weighted by molar-refractivity contribution is 7.07. The molecule has 1 aliphatic heterocycles. The van der Waals surface area contributed by atoms with Gasteiger partial charge in [-0.05, 0) is 49.8 Å². The monoisotopic (exact) mass is 354 g/mol. The summed E-state index contributed by atoms with van der Waals surface area (Å²) in [5.41, 5.74) is 2.86. The summed E-state index contributed by atoms with van der Waals surface area (Å²) >= 11 is 1.60. The molecule has 3 rings (SSSR count). The molecule has 2 aromatic rings. The topological polar surface area (TPSA) is 16.1 Å². The first-order valence-corrected chi connectivity index (χ1v) is 9.21. The number of alkyl halides is 3. The summed E-state index contributed by atoms with van der Waals surface area (Å²) in [6.45, 7) is 2.85. The van der Waals surface area contributed by atoms with Gasteiger partial charge in [0, 0.05) is 18.5 Å². The minimum Gasteiger partial charge on any atom is -0.297 e. The molecule has 2 heterocycles. The van der Waals surface area contributed by atoms with Crippen LogP contribution in [0.25, 0.3) is 0 Å². The quantitative estimate of drug-likeness (QED) is 0.751. The van der Waals surface area contributed by atoms with Crippen molar-refractivity contribution < 1.29 is 13.2 Å². The van der Waals surface area contributed by atoms with E-state index in [9.17, 15) is 13.2 Å². The number of hydrogen-bond acceptors (Lipinski definition) is 3. The molecule has 130 valence electrons. The largest absolute Gasteiger partial charge is 0.416 e. The van der Waals surface area contributed by atoms with Crippen LogP contribution in [-0.2, 0) is 19.1 Å². The third-order valence-corrected chi connectivity index (χ3v) is 5.25. The maximum atomic E-state index is 13.1. The molecule has 1 aromatic heterocycles. The van der Waals surface area contributed by atoms with E-state index in [0.29, 0.717) is 17.9 Å². The Bertz CT molecular complexity index is 640. The zero-order chi connectivity index (χ0) is 17.0. The summed E-state index contributed by atoms with van der Waals surface area (Å²) in [5, 5.41) is 2.06. The summed E-state index contributed by atoms with van der Waals surface area (Å²) in [6.07, 6.45) is -0.761. The average Bonchev–Trinajstić information content (AvgIpc) is 3.06. The van der Waals surface area contributed by atoms with Gasteiger partial charge in [0.2, 0.25) is 0 Å². The van der Waals surface area contributed by atoms with E-state index >= 15 is 0 Å². The van der Waals surface area contributed by atoms with E-state index in [1.807, 2.05) is 5.51 Å². The molecule has 0 saturated carbocycles. The lowest BCUT2D eigenvalue weighted by molar-refractivity contribution is -0.138. The van der Waals surface area contributed by atoms with Crippen molar-refractivity contribution in [1.29, 1.82) is 0 Å². The van der Waals surface area contributed by atoms with Crippen LogP contribution < -0.4 is 0 Å². The van der Waals surface area contributed by atoms with Gasteiger partial charge in [-0.3, -0.25) is 4.90 Å². The molecule has 0 amide bonds. The second-order valence-corrected chi connectivity index (χ2v) is 7.14. The number of halogens is 3. The first-order valence-electron chi connectivity index (χ1n) is 8.27. The van der Waals surface area contributed by atoms with E-state index in [1.54, 1.807) is 23.5 Å². The number of likely N-dealkylation sites (tertiary alicyclic amines) is 1. The highest BCUT2D eigenvalue weighted by Gasteiger charge is 2.33. The Labute approximate surface area is 144 Å². The van der Waals surface area contributed by atoms with Crippen LogP contribution >= 0.6 is 11.3 Å². The van der Waals surface area contributed by atoms with Gasteiger partial charge < -0.3 is 0 Å². The molecule has 1 atom stereocenters. The van der Waals surface area contributed by atoms with Gasteiger partial charge in [0.15, 0.2) is 0 Å². The van der Waals surface area contributed by atoms with Crippen LogP contribution in [0.1, 0.15) is 36.1 Å². The van der Waals surface area contributed by atoms with Crippen molar-refractivity contribution in [2.24, 2.45) is 5.92 Å². The fourth-order valence-electron chi connectivity index (χ4n) is 3.45. The fourth-order valence-corrected chi connectivity index (χ4v) is 4.00. The van der Waals surface area contributed by atoms with Crippen LogP contribution in [0.5, 0.6) is 0 Å². The Kier molecular flexibility index (Phi) is 5.56. The highest BCUT2D eigenvalue weighted by Crippen LogP contribution is 2.33. The number of aromatic nitrogens is 1. The first-order chi connectivity index (χ1) is 11.5. The van der Waals surface area contributed by atoms with Gasteiger partial charge in [0.25, 0.3) is 0 Å². The van der Waals surface area contributed by atoms with Crippen molar-refractivity contribution >= 4 is 11.3 Å². The first kappa shape index (κ1) is 17.4. The molecule has 0 bridgehead atoms. The van der Waals surface area contributed by atoms with Crippen LogP contribution in [-0.4, -0.2) is 23.0 Å². The number of benzene rings is 1. The Morgan fingerprint density at radius 2 is 2.08 bits per heavy atom. The van der Waals surface area contributed by atoms with Crippen LogP contribution in [0.3, 0.4) is 0 Å². The predicted molar refractivity (Wildman–Crippen MR) is 89.9 cm³/mol. The molecule has 0 radical (unpaired) electrons. The summed E-state index contributed by atoms with van der Waals surface area (Å²) in [6, 6.07) is 5.95. The van der Waals surface area contributed by atoms with Crippen LogP contribution in [0.2, 0.25) is 0 Å². The third kappa shape index (κ3) is 4.57. The average molecular weight is 354 g/mol. The lowest BCUT2D eigenvalue weighted by atomic mass is 9.90. The van der Waals surface area contributed by atoms with E-state index in [0.717, 1.165) is 44.6 Å². The van der Waals surface area contributed by atoms with Crippen molar-refractivity contribution in [3.63, 3.8) is 0 Å². The van der Waals surface area contributed by atoms with Gasteiger partial charge in [-0.15, -0.1) is 11.3 Å². The lowest BCUT2D eigenvalue weighted by Gasteiger charge is -2.32. The zero-order valence-electron chi connectivity index (χ0n) is 13.4. The van der Waals surface area contributed by atoms with Gasteiger partial charge in [-0.1, -0.05) is 18.2 Å². The summed E-state index contributed by atoms with van der Waals surface area (Å²) < 4.78 is 39.2.